The molecule has 19 heavy (non-hydrogen) atoms. The number of nitrogens with one attached hydrogen (secondary N) is 1. The van der Waals surface area contributed by atoms with Crippen molar-refractivity contribution in [2.24, 2.45) is 0 Å². The smallest absolute Gasteiger partial charge is 0.231 e. The molecule has 1 N–H and O–H groups in total. The normalized spacial score (nSPS) is 16.3. The first-order valence-corrected chi connectivity index (χ1v) is 7.20. The van der Waals surface area contributed by atoms with E-state index in [1.165, 1.54) is 0 Å². The minimum absolute atomic E-state index is 0.112. The van der Waals surface area contributed by atoms with Gasteiger partial charge in [-0.25, -0.2) is 0 Å². The lowest BCUT2D eigenvalue weighted by Crippen LogP contribution is -2.32. The fourth-order valence-corrected chi connectivity index (χ4v) is 2.10. The highest BCUT2D eigenvalue weighted by Gasteiger charge is 2.23. The van der Waals surface area contributed by atoms with Crippen molar-refractivity contribution >= 4 is 0 Å². The Morgan fingerprint density at radius 2 is 2.05 bits per heavy atom. The Bertz CT molecular complexity index is 354. The highest BCUT2D eigenvalue weighted by molar-refractivity contribution is 4.98. The number of ether oxygens (including phenoxy) is 1. The summed E-state index contributed by atoms with van der Waals surface area (Å²) in [4.78, 5) is 4.50. The second kappa shape index (κ2) is 8.27. The van der Waals surface area contributed by atoms with Crippen molar-refractivity contribution in [2.45, 2.75) is 65.0 Å². The summed E-state index contributed by atoms with van der Waals surface area (Å²) in [5, 5.41) is 7.53. The summed E-state index contributed by atoms with van der Waals surface area (Å²) in [6.45, 7) is 9.50. The third-order valence-corrected chi connectivity index (χ3v) is 3.43. The lowest BCUT2D eigenvalue weighted by atomic mass is 9.98. The Hall–Kier alpha value is -0.940. The minimum Gasteiger partial charge on any atom is -0.381 e. The molecule has 1 rings (SSSR count). The van der Waals surface area contributed by atoms with Crippen LogP contribution in [0.2, 0.25) is 0 Å². The zero-order valence-corrected chi connectivity index (χ0v) is 12.8. The fourth-order valence-electron chi connectivity index (χ4n) is 2.10. The summed E-state index contributed by atoms with van der Waals surface area (Å²) < 4.78 is 10.6. The lowest BCUT2D eigenvalue weighted by Gasteiger charge is -2.20. The van der Waals surface area contributed by atoms with Crippen molar-refractivity contribution in [3.8, 4) is 0 Å². The van der Waals surface area contributed by atoms with Crippen molar-refractivity contribution in [3.63, 3.8) is 0 Å². The zero-order valence-electron chi connectivity index (χ0n) is 12.8. The van der Waals surface area contributed by atoms with Crippen LogP contribution in [-0.4, -0.2) is 35.9 Å². The van der Waals surface area contributed by atoms with Crippen LogP contribution in [0.25, 0.3) is 0 Å². The summed E-state index contributed by atoms with van der Waals surface area (Å²) in [5.41, 5.74) is 0. The molecule has 0 saturated carbocycles. The molecular formula is C14H27N3O2. The largest absolute Gasteiger partial charge is 0.381 e. The average molecular weight is 269 g/mol. The molecule has 0 amide bonds. The van der Waals surface area contributed by atoms with Gasteiger partial charge in [-0.1, -0.05) is 19.0 Å². The molecule has 5 nitrogen and oxygen atoms in total. The number of hydrogen-bond acceptors (Lipinski definition) is 5. The van der Waals surface area contributed by atoms with E-state index >= 15 is 0 Å². The third kappa shape index (κ3) is 4.91. The van der Waals surface area contributed by atoms with Crippen molar-refractivity contribution in [1.82, 2.24) is 15.5 Å². The van der Waals surface area contributed by atoms with E-state index in [0.717, 1.165) is 31.1 Å². The van der Waals surface area contributed by atoms with E-state index < -0.39 is 0 Å². The van der Waals surface area contributed by atoms with Crippen LogP contribution >= 0.6 is 0 Å². The monoisotopic (exact) mass is 269 g/mol. The van der Waals surface area contributed by atoms with Gasteiger partial charge in [-0.3, -0.25) is 0 Å². The standard InChI is InChI=1S/C14H27N3O2/c1-6-8-15-11(4)12(7-2)14-16-13(17-19-14)9-10(3)18-5/h10-12,15H,6-9H2,1-5H3. The summed E-state index contributed by atoms with van der Waals surface area (Å²) >= 11 is 0. The highest BCUT2D eigenvalue weighted by atomic mass is 16.5. The number of methoxy groups -OCH3 is 1. The molecule has 0 aliphatic heterocycles. The predicted molar refractivity (Wildman–Crippen MR) is 75.3 cm³/mol. The maximum Gasteiger partial charge on any atom is 0.231 e. The first-order valence-electron chi connectivity index (χ1n) is 7.20. The average Bonchev–Trinajstić information content (AvgIpc) is 2.85. The fraction of sp³-hybridized carbons (Fsp3) is 0.857. The molecule has 0 aliphatic rings. The quantitative estimate of drug-likeness (QED) is 0.746. The SMILES string of the molecule is CCCNC(C)C(CC)c1nc(CC(C)OC)no1. The number of hydrogen-bond donors (Lipinski definition) is 1. The van der Waals surface area contributed by atoms with Crippen LogP contribution in [0.5, 0.6) is 0 Å². The predicted octanol–water partition coefficient (Wildman–Crippen LogP) is 2.53. The van der Waals surface area contributed by atoms with Crippen molar-refractivity contribution in [1.29, 1.82) is 0 Å². The molecule has 1 aromatic rings. The molecule has 0 radical (unpaired) electrons. The van der Waals surface area contributed by atoms with E-state index in [4.69, 9.17) is 9.26 Å². The molecule has 5 heteroatoms. The molecule has 0 saturated heterocycles. The van der Waals surface area contributed by atoms with E-state index in [9.17, 15) is 0 Å². The summed E-state index contributed by atoms with van der Waals surface area (Å²) in [6.07, 6.45) is 2.91. The minimum atomic E-state index is 0.112. The van der Waals surface area contributed by atoms with E-state index in [-0.39, 0.29) is 12.0 Å². The summed E-state index contributed by atoms with van der Waals surface area (Å²) in [5.74, 6) is 1.73. The van der Waals surface area contributed by atoms with Gasteiger partial charge in [-0.05, 0) is 33.2 Å². The van der Waals surface area contributed by atoms with E-state index in [2.05, 4.69) is 36.2 Å². The maximum atomic E-state index is 5.41. The molecule has 3 unspecified atom stereocenters. The molecule has 0 fully saturated rings. The van der Waals surface area contributed by atoms with Crippen LogP contribution < -0.4 is 5.32 Å². The molecule has 0 bridgehead atoms. The Labute approximate surface area is 116 Å². The second-order valence-corrected chi connectivity index (χ2v) is 5.06. The molecule has 110 valence electrons. The second-order valence-electron chi connectivity index (χ2n) is 5.06. The highest BCUT2D eigenvalue weighted by Crippen LogP contribution is 2.22. The molecule has 1 heterocycles. The Balaban J connectivity index is 2.65. The molecule has 3 atom stereocenters. The van der Waals surface area contributed by atoms with E-state index in [0.29, 0.717) is 12.5 Å². The Morgan fingerprint density at radius 1 is 1.32 bits per heavy atom. The zero-order chi connectivity index (χ0) is 14.3. The van der Waals surface area contributed by atoms with Gasteiger partial charge in [0.25, 0.3) is 0 Å². The number of aromatic nitrogens is 2. The van der Waals surface area contributed by atoms with Gasteiger partial charge in [-0.15, -0.1) is 0 Å². The van der Waals surface area contributed by atoms with Gasteiger partial charge in [-0.2, -0.15) is 4.98 Å². The molecule has 0 aliphatic carbocycles. The molecule has 0 spiro atoms. The van der Waals surface area contributed by atoms with E-state index in [1.807, 2.05) is 6.92 Å². The topological polar surface area (TPSA) is 60.2 Å². The van der Waals surface area contributed by atoms with Crippen molar-refractivity contribution in [3.05, 3.63) is 11.7 Å². The molecule has 0 aromatic carbocycles. The Kier molecular flexibility index (Phi) is 7.02. The maximum absolute atomic E-state index is 5.41. The lowest BCUT2D eigenvalue weighted by molar-refractivity contribution is 0.116. The summed E-state index contributed by atoms with van der Waals surface area (Å²) in [6, 6.07) is 0.345. The number of nitrogens with zero attached hydrogens (tertiary/aromatic N) is 2. The Morgan fingerprint density at radius 3 is 2.63 bits per heavy atom. The van der Waals surface area contributed by atoms with Crippen LogP contribution in [0, 0.1) is 0 Å². The van der Waals surface area contributed by atoms with Crippen LogP contribution in [0.3, 0.4) is 0 Å². The van der Waals surface area contributed by atoms with Crippen LogP contribution in [0.4, 0.5) is 0 Å². The van der Waals surface area contributed by atoms with Crippen molar-refractivity contribution < 1.29 is 9.26 Å². The van der Waals surface area contributed by atoms with E-state index in [1.54, 1.807) is 7.11 Å². The van der Waals surface area contributed by atoms with Crippen LogP contribution in [-0.2, 0) is 11.2 Å². The first-order chi connectivity index (χ1) is 9.12. The molecular weight excluding hydrogens is 242 g/mol. The van der Waals surface area contributed by atoms with Crippen LogP contribution in [0.15, 0.2) is 4.52 Å². The van der Waals surface area contributed by atoms with Gasteiger partial charge in [0.15, 0.2) is 5.82 Å². The van der Waals surface area contributed by atoms with Crippen molar-refractivity contribution in [2.75, 3.05) is 13.7 Å². The number of rotatable bonds is 9. The van der Waals surface area contributed by atoms with Gasteiger partial charge < -0.3 is 14.6 Å². The van der Waals surface area contributed by atoms with Gasteiger partial charge in [0.05, 0.1) is 12.0 Å². The van der Waals surface area contributed by atoms with Gasteiger partial charge in [0.1, 0.15) is 0 Å². The van der Waals surface area contributed by atoms with Gasteiger partial charge in [0, 0.05) is 19.6 Å². The first kappa shape index (κ1) is 16.1. The van der Waals surface area contributed by atoms with Gasteiger partial charge >= 0.3 is 0 Å². The molecule has 1 aromatic heterocycles. The summed E-state index contributed by atoms with van der Waals surface area (Å²) in [7, 11) is 1.69. The van der Waals surface area contributed by atoms with Gasteiger partial charge in [0.2, 0.25) is 5.89 Å². The third-order valence-electron chi connectivity index (χ3n) is 3.43. The van der Waals surface area contributed by atoms with Crippen LogP contribution in [0.1, 0.15) is 58.2 Å².